The summed E-state index contributed by atoms with van der Waals surface area (Å²) in [4.78, 5) is 12.5. The summed E-state index contributed by atoms with van der Waals surface area (Å²) < 4.78 is 8.23. The summed E-state index contributed by atoms with van der Waals surface area (Å²) in [5, 5.41) is 4.15. The summed E-state index contributed by atoms with van der Waals surface area (Å²) in [5.74, 6) is 0.163. The average Bonchev–Trinajstić information content (AvgIpc) is 2.95. The van der Waals surface area contributed by atoms with Crippen LogP contribution in [0.25, 0.3) is 5.69 Å². The molecule has 0 saturated carbocycles. The number of hydrogen-bond acceptors (Lipinski definition) is 3. The molecule has 0 atom stereocenters. The maximum atomic E-state index is 12.5. The van der Waals surface area contributed by atoms with Crippen LogP contribution >= 0.6 is 15.9 Å². The van der Waals surface area contributed by atoms with Gasteiger partial charge in [-0.3, -0.25) is 4.79 Å². The van der Waals surface area contributed by atoms with Crippen molar-refractivity contribution in [1.82, 2.24) is 9.99 Å². The molecule has 28 heavy (non-hydrogen) atoms. The summed E-state index contributed by atoms with van der Waals surface area (Å²) in [6, 6.07) is 15.6. The highest BCUT2D eigenvalue weighted by molar-refractivity contribution is 9.10. The van der Waals surface area contributed by atoms with Crippen molar-refractivity contribution < 1.29 is 9.53 Å². The molecule has 0 saturated heterocycles. The molecule has 1 amide bonds. The number of nitrogens with zero attached hydrogens (tertiary/aromatic N) is 2. The van der Waals surface area contributed by atoms with E-state index < -0.39 is 0 Å². The molecule has 6 heteroatoms. The zero-order chi connectivity index (χ0) is 20.3. The van der Waals surface area contributed by atoms with Gasteiger partial charge in [-0.1, -0.05) is 34.1 Å². The van der Waals surface area contributed by atoms with Crippen molar-refractivity contribution in [2.24, 2.45) is 5.10 Å². The summed E-state index contributed by atoms with van der Waals surface area (Å²) in [6.07, 6.45) is 1.67. The second-order valence-corrected chi connectivity index (χ2v) is 7.41. The lowest BCUT2D eigenvalue weighted by Gasteiger charge is -2.12. The van der Waals surface area contributed by atoms with Gasteiger partial charge in [0.25, 0.3) is 5.91 Å². The van der Waals surface area contributed by atoms with Gasteiger partial charge in [-0.05, 0) is 56.7 Å². The van der Waals surface area contributed by atoms with E-state index >= 15 is 0 Å². The first-order valence-corrected chi connectivity index (χ1v) is 9.63. The molecule has 0 aliphatic carbocycles. The Hall–Kier alpha value is -2.86. The predicted octanol–water partition coefficient (Wildman–Crippen LogP) is 4.94. The van der Waals surface area contributed by atoms with Crippen LogP contribution in [0.3, 0.4) is 0 Å². The quantitative estimate of drug-likeness (QED) is 0.452. The van der Waals surface area contributed by atoms with Gasteiger partial charge in [0.1, 0.15) is 5.75 Å². The van der Waals surface area contributed by atoms with E-state index in [-0.39, 0.29) is 5.91 Å². The Morgan fingerprint density at radius 3 is 2.61 bits per heavy atom. The lowest BCUT2D eigenvalue weighted by atomic mass is 10.2. The Labute approximate surface area is 173 Å². The first-order valence-electron chi connectivity index (χ1n) is 8.84. The minimum atomic E-state index is -0.331. The number of halogens is 1. The Balaban J connectivity index is 1.83. The summed E-state index contributed by atoms with van der Waals surface area (Å²) >= 11 is 3.37. The van der Waals surface area contributed by atoms with Gasteiger partial charge >= 0.3 is 0 Å². The van der Waals surface area contributed by atoms with Gasteiger partial charge in [-0.15, -0.1) is 0 Å². The molecule has 0 bridgehead atoms. The SMILES string of the molecule is COc1ccc(Br)cc1C(=O)N/N=C\c1cc(C)n(-c2ccccc2C)c1C. The standard InChI is InChI=1S/C22H22BrN3O2/c1-14-7-5-6-8-20(14)26-15(2)11-17(16(26)3)13-24-25-22(27)19-12-18(23)9-10-21(19)28-4/h5-13H,1-4H3,(H,25,27)/b24-13-. The van der Waals surface area contributed by atoms with Crippen molar-refractivity contribution in [3.8, 4) is 11.4 Å². The highest BCUT2D eigenvalue weighted by Crippen LogP contribution is 2.23. The lowest BCUT2D eigenvalue weighted by molar-refractivity contribution is 0.0952. The van der Waals surface area contributed by atoms with Crippen LogP contribution in [0.15, 0.2) is 58.1 Å². The van der Waals surface area contributed by atoms with Crippen molar-refractivity contribution in [2.75, 3.05) is 7.11 Å². The van der Waals surface area contributed by atoms with Gasteiger partial charge in [-0.25, -0.2) is 5.43 Å². The number of nitrogens with one attached hydrogen (secondary N) is 1. The van der Waals surface area contributed by atoms with Gasteiger partial charge in [0.2, 0.25) is 0 Å². The molecule has 5 nitrogen and oxygen atoms in total. The van der Waals surface area contributed by atoms with Crippen LogP contribution in [0, 0.1) is 20.8 Å². The number of para-hydroxylation sites is 1. The van der Waals surface area contributed by atoms with Gasteiger partial charge in [0.05, 0.1) is 18.9 Å². The second-order valence-electron chi connectivity index (χ2n) is 6.49. The molecular formula is C22H22BrN3O2. The molecule has 1 N–H and O–H groups in total. The number of aromatic nitrogens is 1. The molecule has 144 valence electrons. The maximum absolute atomic E-state index is 12.5. The van der Waals surface area contributed by atoms with E-state index in [0.29, 0.717) is 11.3 Å². The van der Waals surface area contributed by atoms with Gasteiger partial charge in [-0.2, -0.15) is 5.10 Å². The van der Waals surface area contributed by atoms with E-state index in [4.69, 9.17) is 4.74 Å². The average molecular weight is 440 g/mol. The van der Waals surface area contributed by atoms with Gasteiger partial charge in [0, 0.05) is 27.1 Å². The van der Waals surface area contributed by atoms with Crippen LogP contribution in [0.4, 0.5) is 0 Å². The number of hydrogen-bond donors (Lipinski definition) is 1. The molecular weight excluding hydrogens is 418 g/mol. The molecule has 1 heterocycles. The van der Waals surface area contributed by atoms with E-state index in [1.54, 1.807) is 18.3 Å². The largest absolute Gasteiger partial charge is 0.496 e. The van der Waals surface area contributed by atoms with Crippen molar-refractivity contribution in [3.05, 3.63) is 81.1 Å². The molecule has 0 fully saturated rings. The van der Waals surface area contributed by atoms with Crippen molar-refractivity contribution in [3.63, 3.8) is 0 Å². The van der Waals surface area contributed by atoms with Gasteiger partial charge < -0.3 is 9.30 Å². The predicted molar refractivity (Wildman–Crippen MR) is 116 cm³/mol. The number of carbonyl (C=O) groups is 1. The van der Waals surface area contributed by atoms with Crippen LogP contribution in [-0.2, 0) is 0 Å². The van der Waals surface area contributed by atoms with Gasteiger partial charge in [0.15, 0.2) is 0 Å². The Morgan fingerprint density at radius 1 is 1.14 bits per heavy atom. The minimum absolute atomic E-state index is 0.331. The van der Waals surface area contributed by atoms with E-state index in [9.17, 15) is 4.79 Å². The van der Waals surface area contributed by atoms with Crippen LogP contribution < -0.4 is 10.2 Å². The first-order chi connectivity index (χ1) is 13.4. The normalized spacial score (nSPS) is 11.0. The molecule has 0 radical (unpaired) electrons. The zero-order valence-electron chi connectivity index (χ0n) is 16.3. The fourth-order valence-corrected chi connectivity index (χ4v) is 3.54. The number of amides is 1. The molecule has 0 aliphatic rings. The Morgan fingerprint density at radius 2 is 1.89 bits per heavy atom. The number of methoxy groups -OCH3 is 1. The number of ether oxygens (including phenoxy) is 1. The minimum Gasteiger partial charge on any atom is -0.496 e. The number of carbonyl (C=O) groups excluding carboxylic acids is 1. The van der Waals surface area contributed by atoms with Crippen LogP contribution in [0.2, 0.25) is 0 Å². The molecule has 0 spiro atoms. The van der Waals surface area contributed by atoms with E-state index in [0.717, 1.165) is 27.1 Å². The lowest BCUT2D eigenvalue weighted by Crippen LogP contribution is -2.18. The highest BCUT2D eigenvalue weighted by atomic mass is 79.9. The monoisotopic (exact) mass is 439 g/mol. The topological polar surface area (TPSA) is 55.6 Å². The maximum Gasteiger partial charge on any atom is 0.275 e. The smallest absolute Gasteiger partial charge is 0.275 e. The van der Waals surface area contributed by atoms with Crippen LogP contribution in [-0.4, -0.2) is 23.8 Å². The van der Waals surface area contributed by atoms with Crippen LogP contribution in [0.5, 0.6) is 5.75 Å². The summed E-state index contributed by atoms with van der Waals surface area (Å²) in [5.41, 5.74) is 8.44. The fraction of sp³-hybridized carbons (Fsp3) is 0.182. The van der Waals surface area contributed by atoms with Crippen molar-refractivity contribution in [2.45, 2.75) is 20.8 Å². The van der Waals surface area contributed by atoms with E-state index in [1.165, 1.54) is 12.7 Å². The molecule has 3 aromatic rings. The molecule has 2 aromatic carbocycles. The fourth-order valence-electron chi connectivity index (χ4n) is 3.18. The number of hydrazone groups is 1. The summed E-state index contributed by atoms with van der Waals surface area (Å²) in [7, 11) is 1.53. The molecule has 3 rings (SSSR count). The third-order valence-corrected chi connectivity index (χ3v) is 5.10. The number of aryl methyl sites for hydroxylation is 2. The number of rotatable bonds is 5. The summed E-state index contributed by atoms with van der Waals surface area (Å²) in [6.45, 7) is 6.19. The third-order valence-electron chi connectivity index (χ3n) is 4.60. The van der Waals surface area contributed by atoms with E-state index in [1.807, 2.05) is 25.1 Å². The number of benzene rings is 2. The Kier molecular flexibility index (Phi) is 5.99. The van der Waals surface area contributed by atoms with E-state index in [2.05, 4.69) is 63.1 Å². The Bertz CT molecular complexity index is 1050. The molecule has 0 aliphatic heterocycles. The molecule has 1 aromatic heterocycles. The molecule has 0 unspecified atom stereocenters. The third kappa shape index (κ3) is 4.02. The van der Waals surface area contributed by atoms with Crippen LogP contribution in [0.1, 0.15) is 32.9 Å². The van der Waals surface area contributed by atoms with Crippen molar-refractivity contribution >= 4 is 28.1 Å². The van der Waals surface area contributed by atoms with Crippen molar-refractivity contribution in [1.29, 1.82) is 0 Å². The highest BCUT2D eigenvalue weighted by Gasteiger charge is 2.13. The first kappa shape index (κ1) is 19.9. The second kappa shape index (κ2) is 8.44. The zero-order valence-corrected chi connectivity index (χ0v) is 17.9.